The number of aryl methyl sites for hydroxylation is 1. The number of para-hydroxylation sites is 1. The van der Waals surface area contributed by atoms with Gasteiger partial charge in [0.15, 0.2) is 5.60 Å². The Bertz CT molecular complexity index is 996. The van der Waals surface area contributed by atoms with Gasteiger partial charge in [-0.05, 0) is 61.9 Å². The third kappa shape index (κ3) is 5.58. The zero-order valence-electron chi connectivity index (χ0n) is 19.8. The molecule has 2 amide bonds. The molecule has 2 aliphatic rings. The van der Waals surface area contributed by atoms with Gasteiger partial charge in [-0.2, -0.15) is 0 Å². The van der Waals surface area contributed by atoms with E-state index >= 15 is 0 Å². The first-order valence-electron chi connectivity index (χ1n) is 12.2. The summed E-state index contributed by atoms with van der Waals surface area (Å²) >= 11 is 0. The van der Waals surface area contributed by atoms with Crippen molar-refractivity contribution >= 4 is 11.8 Å². The molecule has 0 aliphatic carbocycles. The highest BCUT2D eigenvalue weighted by molar-refractivity contribution is 5.87. The molecule has 4 rings (SSSR count). The number of carbonyl (C=O) groups is 2. The lowest BCUT2D eigenvalue weighted by atomic mass is 9.90. The van der Waals surface area contributed by atoms with E-state index in [9.17, 15) is 14.0 Å². The topological polar surface area (TPSA) is 59.1 Å². The van der Waals surface area contributed by atoms with Crippen molar-refractivity contribution in [1.82, 2.24) is 9.80 Å². The van der Waals surface area contributed by atoms with Crippen LogP contribution in [-0.2, 0) is 27.2 Å². The van der Waals surface area contributed by atoms with Crippen LogP contribution in [0.2, 0.25) is 0 Å². The second-order valence-corrected chi connectivity index (χ2v) is 9.01. The van der Waals surface area contributed by atoms with Crippen LogP contribution in [0.25, 0.3) is 0 Å². The number of fused-ring (bicyclic) bond motifs is 1. The van der Waals surface area contributed by atoms with E-state index in [1.807, 2.05) is 25.1 Å². The highest BCUT2D eigenvalue weighted by atomic mass is 19.1. The van der Waals surface area contributed by atoms with Gasteiger partial charge in [-0.1, -0.05) is 30.3 Å². The van der Waals surface area contributed by atoms with E-state index in [1.54, 1.807) is 21.9 Å². The van der Waals surface area contributed by atoms with Gasteiger partial charge < -0.3 is 19.3 Å². The molecule has 6 nitrogen and oxygen atoms in total. The second kappa shape index (κ2) is 11.0. The Balaban J connectivity index is 1.51. The first-order valence-corrected chi connectivity index (χ1v) is 12.2. The maximum atomic E-state index is 13.7. The summed E-state index contributed by atoms with van der Waals surface area (Å²) in [4.78, 5) is 30.3. The number of benzene rings is 2. The predicted octanol–water partition coefficient (Wildman–Crippen LogP) is 3.62. The molecule has 1 atom stereocenters. The number of rotatable bonds is 3. The summed E-state index contributed by atoms with van der Waals surface area (Å²) < 4.78 is 25.5. The zero-order valence-corrected chi connectivity index (χ0v) is 19.8. The maximum Gasteiger partial charge on any atom is 0.256 e. The average molecular weight is 469 g/mol. The molecule has 1 spiro atoms. The highest BCUT2D eigenvalue weighted by Gasteiger charge is 2.46. The number of morpholine rings is 1. The third-order valence-electron chi connectivity index (χ3n) is 6.73. The highest BCUT2D eigenvalue weighted by Crippen LogP contribution is 2.30. The van der Waals surface area contributed by atoms with Crippen molar-refractivity contribution in [2.75, 3.05) is 39.4 Å². The molecule has 34 heavy (non-hydrogen) atoms. The summed E-state index contributed by atoms with van der Waals surface area (Å²) in [6.07, 6.45) is 3.30. The van der Waals surface area contributed by atoms with Gasteiger partial charge in [-0.3, -0.25) is 9.59 Å². The number of ether oxygens (including phenoxy) is 2. The van der Waals surface area contributed by atoms with E-state index in [0.29, 0.717) is 39.3 Å². The summed E-state index contributed by atoms with van der Waals surface area (Å²) in [5, 5.41) is 0. The molecule has 1 saturated heterocycles. The second-order valence-electron chi connectivity index (χ2n) is 9.01. The fourth-order valence-corrected chi connectivity index (χ4v) is 4.81. The third-order valence-corrected chi connectivity index (χ3v) is 6.73. The monoisotopic (exact) mass is 468 g/mol. The van der Waals surface area contributed by atoms with Crippen molar-refractivity contribution in [1.29, 1.82) is 0 Å². The minimum Gasteiger partial charge on any atom is -0.491 e. The fourth-order valence-electron chi connectivity index (χ4n) is 4.81. The molecule has 0 radical (unpaired) electrons. The smallest absolute Gasteiger partial charge is 0.256 e. The molecule has 2 aromatic carbocycles. The molecule has 0 N–H and O–H groups in total. The van der Waals surface area contributed by atoms with Crippen molar-refractivity contribution in [3.8, 4) is 5.75 Å². The van der Waals surface area contributed by atoms with E-state index in [1.165, 1.54) is 17.7 Å². The number of hydrogen-bond donors (Lipinski definition) is 0. The quantitative estimate of drug-likeness (QED) is 0.691. The Hall–Kier alpha value is -2.93. The molecule has 0 aromatic heterocycles. The molecule has 2 aromatic rings. The van der Waals surface area contributed by atoms with Crippen LogP contribution in [0.4, 0.5) is 4.39 Å². The lowest BCUT2D eigenvalue weighted by Crippen LogP contribution is -2.62. The van der Waals surface area contributed by atoms with Gasteiger partial charge in [0.25, 0.3) is 5.91 Å². The minimum absolute atomic E-state index is 0.0755. The van der Waals surface area contributed by atoms with Gasteiger partial charge in [-0.25, -0.2) is 4.39 Å². The van der Waals surface area contributed by atoms with Crippen molar-refractivity contribution in [2.45, 2.75) is 44.6 Å². The lowest BCUT2D eigenvalue weighted by molar-refractivity contribution is -0.176. The molecule has 0 saturated carbocycles. The van der Waals surface area contributed by atoms with Gasteiger partial charge >= 0.3 is 0 Å². The largest absolute Gasteiger partial charge is 0.491 e. The summed E-state index contributed by atoms with van der Waals surface area (Å²) in [7, 11) is 0. The minimum atomic E-state index is -1.05. The van der Waals surface area contributed by atoms with Crippen LogP contribution in [0.1, 0.15) is 37.3 Å². The maximum absolute atomic E-state index is 13.7. The van der Waals surface area contributed by atoms with E-state index in [-0.39, 0.29) is 30.6 Å². The summed E-state index contributed by atoms with van der Waals surface area (Å²) in [6, 6.07) is 14.0. The first kappa shape index (κ1) is 24.2. The SMILES string of the molecule is CCN1CCOc2ccccc2CCCCC2(CN(C(=O)Cc3ccc(F)cc3)CCO2)C1=O. The number of likely N-dealkylation sites (N-methyl/N-ethyl adjacent to an activating group) is 1. The molecular formula is C27H33FN2O4. The van der Waals surface area contributed by atoms with Crippen molar-refractivity contribution in [2.24, 2.45) is 0 Å². The van der Waals surface area contributed by atoms with Crippen LogP contribution >= 0.6 is 0 Å². The summed E-state index contributed by atoms with van der Waals surface area (Å²) in [6.45, 7) is 4.34. The molecule has 2 heterocycles. The summed E-state index contributed by atoms with van der Waals surface area (Å²) in [5.41, 5.74) is 0.876. The van der Waals surface area contributed by atoms with Gasteiger partial charge in [0.05, 0.1) is 26.1 Å². The van der Waals surface area contributed by atoms with E-state index in [2.05, 4.69) is 6.07 Å². The van der Waals surface area contributed by atoms with Crippen molar-refractivity contribution in [3.63, 3.8) is 0 Å². The van der Waals surface area contributed by atoms with Gasteiger partial charge in [-0.15, -0.1) is 0 Å². The van der Waals surface area contributed by atoms with E-state index < -0.39 is 5.60 Å². The van der Waals surface area contributed by atoms with E-state index in [0.717, 1.165) is 30.6 Å². The standard InChI is InChI=1S/C27H33FN2O4/c1-2-29-15-17-33-24-9-4-3-7-22(24)8-5-6-14-27(26(29)32)20-30(16-18-34-27)25(31)19-21-10-12-23(28)13-11-21/h3-4,7,9-13H,2,5-6,8,14-20H2,1H3. The average Bonchev–Trinajstić information content (AvgIpc) is 2.86. The van der Waals surface area contributed by atoms with Crippen LogP contribution in [0, 0.1) is 5.82 Å². The predicted molar refractivity (Wildman–Crippen MR) is 127 cm³/mol. The molecule has 7 heteroatoms. The summed E-state index contributed by atoms with van der Waals surface area (Å²) in [5.74, 6) is 0.402. The molecule has 0 bridgehead atoms. The Morgan fingerprint density at radius 1 is 1.06 bits per heavy atom. The Morgan fingerprint density at radius 3 is 2.65 bits per heavy atom. The normalized spacial score (nSPS) is 21.9. The van der Waals surface area contributed by atoms with Crippen LogP contribution in [-0.4, -0.2) is 66.6 Å². The zero-order chi connectivity index (χ0) is 24.0. The van der Waals surface area contributed by atoms with Crippen LogP contribution < -0.4 is 4.74 Å². The molecular weight excluding hydrogens is 435 g/mol. The van der Waals surface area contributed by atoms with E-state index in [4.69, 9.17) is 9.47 Å². The number of halogens is 1. The molecule has 1 fully saturated rings. The molecule has 1 unspecified atom stereocenters. The van der Waals surface area contributed by atoms with Crippen molar-refractivity contribution in [3.05, 3.63) is 65.5 Å². The first-order chi connectivity index (χ1) is 16.5. The van der Waals surface area contributed by atoms with Gasteiger partial charge in [0.1, 0.15) is 18.2 Å². The Morgan fingerprint density at radius 2 is 1.85 bits per heavy atom. The Labute approximate surface area is 200 Å². The molecule has 2 aliphatic heterocycles. The van der Waals surface area contributed by atoms with Gasteiger partial charge in [0, 0.05) is 13.1 Å². The van der Waals surface area contributed by atoms with Crippen LogP contribution in [0.5, 0.6) is 5.75 Å². The van der Waals surface area contributed by atoms with Crippen LogP contribution in [0.3, 0.4) is 0 Å². The van der Waals surface area contributed by atoms with Crippen LogP contribution in [0.15, 0.2) is 48.5 Å². The number of hydrogen-bond acceptors (Lipinski definition) is 4. The number of nitrogens with zero attached hydrogens (tertiary/aromatic N) is 2. The molecule has 182 valence electrons. The fraction of sp³-hybridized carbons (Fsp3) is 0.481. The number of amides is 2. The number of carbonyl (C=O) groups excluding carboxylic acids is 2. The van der Waals surface area contributed by atoms with Gasteiger partial charge in [0.2, 0.25) is 5.91 Å². The Kier molecular flexibility index (Phi) is 7.83. The van der Waals surface area contributed by atoms with Crippen molar-refractivity contribution < 1.29 is 23.5 Å². The lowest BCUT2D eigenvalue weighted by Gasteiger charge is -2.44.